The van der Waals surface area contributed by atoms with Gasteiger partial charge in [0.15, 0.2) is 0 Å². The standard InChI is InChI=1S/C15H23NO.ClH/c1-12-5-6-13(2)15(10-12)17-9-7-14-4-3-8-16-11-14;/h5-6,10,14,16H,3-4,7-9,11H2,1-2H3;1H. The summed E-state index contributed by atoms with van der Waals surface area (Å²) in [7, 11) is 0. The van der Waals surface area contributed by atoms with Crippen molar-refractivity contribution in [1.29, 1.82) is 0 Å². The summed E-state index contributed by atoms with van der Waals surface area (Å²) in [6, 6.07) is 6.40. The Kier molecular flexibility index (Phi) is 6.51. The summed E-state index contributed by atoms with van der Waals surface area (Å²) in [5, 5.41) is 3.45. The van der Waals surface area contributed by atoms with E-state index in [9.17, 15) is 0 Å². The first-order chi connectivity index (χ1) is 8.25. The van der Waals surface area contributed by atoms with Crippen LogP contribution in [0.5, 0.6) is 5.75 Å². The molecule has 0 aromatic heterocycles. The lowest BCUT2D eigenvalue weighted by Crippen LogP contribution is -2.30. The zero-order valence-electron chi connectivity index (χ0n) is 11.4. The van der Waals surface area contributed by atoms with Gasteiger partial charge in [0.05, 0.1) is 6.61 Å². The van der Waals surface area contributed by atoms with E-state index >= 15 is 0 Å². The van der Waals surface area contributed by atoms with Gasteiger partial charge >= 0.3 is 0 Å². The van der Waals surface area contributed by atoms with Crippen molar-refractivity contribution in [3.63, 3.8) is 0 Å². The molecule has 0 amide bonds. The second-order valence-corrected chi connectivity index (χ2v) is 5.12. The van der Waals surface area contributed by atoms with Gasteiger partial charge < -0.3 is 10.1 Å². The van der Waals surface area contributed by atoms with Gasteiger partial charge in [-0.05, 0) is 69.3 Å². The van der Waals surface area contributed by atoms with Crippen molar-refractivity contribution in [3.05, 3.63) is 29.3 Å². The summed E-state index contributed by atoms with van der Waals surface area (Å²) in [6.07, 6.45) is 3.83. The molecule has 102 valence electrons. The Morgan fingerprint density at radius 2 is 2.17 bits per heavy atom. The highest BCUT2D eigenvalue weighted by atomic mass is 35.5. The van der Waals surface area contributed by atoms with E-state index in [0.29, 0.717) is 0 Å². The molecule has 3 heteroatoms. The average Bonchev–Trinajstić information content (AvgIpc) is 2.35. The van der Waals surface area contributed by atoms with Crippen molar-refractivity contribution in [1.82, 2.24) is 5.32 Å². The minimum absolute atomic E-state index is 0. The number of benzene rings is 1. The fraction of sp³-hybridized carbons (Fsp3) is 0.600. The lowest BCUT2D eigenvalue weighted by molar-refractivity contribution is 0.253. The third-order valence-corrected chi connectivity index (χ3v) is 3.53. The molecule has 1 aliphatic heterocycles. The molecule has 1 aliphatic rings. The number of ether oxygens (including phenoxy) is 1. The number of rotatable bonds is 4. The van der Waals surface area contributed by atoms with Crippen molar-refractivity contribution in [3.8, 4) is 5.75 Å². The molecule has 1 aromatic carbocycles. The highest BCUT2D eigenvalue weighted by Crippen LogP contribution is 2.20. The molecule has 0 aliphatic carbocycles. The Bertz CT molecular complexity index is 362. The molecule has 1 heterocycles. The summed E-state index contributed by atoms with van der Waals surface area (Å²) in [5.41, 5.74) is 2.50. The molecule has 2 nitrogen and oxygen atoms in total. The van der Waals surface area contributed by atoms with Crippen molar-refractivity contribution in [2.75, 3.05) is 19.7 Å². The van der Waals surface area contributed by atoms with E-state index in [1.165, 1.54) is 36.9 Å². The quantitative estimate of drug-likeness (QED) is 0.903. The van der Waals surface area contributed by atoms with E-state index in [4.69, 9.17) is 4.74 Å². The molecule has 1 N–H and O–H groups in total. The molecule has 0 radical (unpaired) electrons. The van der Waals surface area contributed by atoms with E-state index in [1.54, 1.807) is 0 Å². The van der Waals surface area contributed by atoms with Crippen molar-refractivity contribution < 1.29 is 4.74 Å². The van der Waals surface area contributed by atoms with E-state index < -0.39 is 0 Å². The number of halogens is 1. The molecule has 1 fully saturated rings. The number of hydrogen-bond acceptors (Lipinski definition) is 2. The fourth-order valence-electron chi connectivity index (χ4n) is 2.37. The molecule has 0 spiro atoms. The molecule has 1 saturated heterocycles. The Hall–Kier alpha value is -0.730. The van der Waals surface area contributed by atoms with Gasteiger partial charge in [-0.15, -0.1) is 12.4 Å². The predicted octanol–water partition coefficient (Wildman–Crippen LogP) is 3.49. The van der Waals surface area contributed by atoms with Crippen LogP contribution >= 0.6 is 12.4 Å². The minimum atomic E-state index is 0. The highest BCUT2D eigenvalue weighted by Gasteiger charge is 2.12. The summed E-state index contributed by atoms with van der Waals surface area (Å²) in [5.74, 6) is 1.85. The van der Waals surface area contributed by atoms with Crippen LogP contribution in [0.4, 0.5) is 0 Å². The van der Waals surface area contributed by atoms with Gasteiger partial charge in [0.1, 0.15) is 5.75 Å². The first-order valence-corrected chi connectivity index (χ1v) is 6.66. The SMILES string of the molecule is Cc1ccc(C)c(OCCC2CCCNC2)c1.Cl. The summed E-state index contributed by atoms with van der Waals surface area (Å²) < 4.78 is 5.89. The molecule has 0 saturated carbocycles. The van der Waals surface area contributed by atoms with Crippen molar-refractivity contribution in [2.45, 2.75) is 33.1 Å². The normalized spacial score (nSPS) is 19.1. The van der Waals surface area contributed by atoms with Gasteiger partial charge in [0, 0.05) is 0 Å². The lowest BCUT2D eigenvalue weighted by Gasteiger charge is -2.22. The second-order valence-electron chi connectivity index (χ2n) is 5.12. The van der Waals surface area contributed by atoms with Gasteiger partial charge in [0.2, 0.25) is 0 Å². The smallest absolute Gasteiger partial charge is 0.122 e. The topological polar surface area (TPSA) is 21.3 Å². The molecule has 2 rings (SSSR count). The van der Waals surface area contributed by atoms with Gasteiger partial charge in [0.25, 0.3) is 0 Å². The lowest BCUT2D eigenvalue weighted by atomic mass is 9.97. The van der Waals surface area contributed by atoms with Crippen LogP contribution in [0.3, 0.4) is 0 Å². The van der Waals surface area contributed by atoms with Crippen LogP contribution in [0.1, 0.15) is 30.4 Å². The van der Waals surface area contributed by atoms with Crippen LogP contribution < -0.4 is 10.1 Å². The Labute approximate surface area is 117 Å². The Morgan fingerprint density at radius 3 is 2.89 bits per heavy atom. The van der Waals surface area contributed by atoms with Crippen molar-refractivity contribution in [2.24, 2.45) is 5.92 Å². The molecular weight excluding hydrogens is 246 g/mol. The predicted molar refractivity (Wildman–Crippen MR) is 78.9 cm³/mol. The zero-order valence-corrected chi connectivity index (χ0v) is 12.2. The molecule has 1 unspecified atom stereocenters. The number of piperidine rings is 1. The van der Waals surface area contributed by atoms with Gasteiger partial charge in [-0.1, -0.05) is 12.1 Å². The van der Waals surface area contributed by atoms with Gasteiger partial charge in [-0.3, -0.25) is 0 Å². The molecule has 1 atom stereocenters. The maximum Gasteiger partial charge on any atom is 0.122 e. The second kappa shape index (κ2) is 7.65. The van der Waals surface area contributed by atoms with E-state index in [-0.39, 0.29) is 12.4 Å². The van der Waals surface area contributed by atoms with Gasteiger partial charge in [-0.2, -0.15) is 0 Å². The third-order valence-electron chi connectivity index (χ3n) is 3.53. The van der Waals surface area contributed by atoms with E-state index in [2.05, 4.69) is 37.4 Å². The Morgan fingerprint density at radius 1 is 1.33 bits per heavy atom. The summed E-state index contributed by atoms with van der Waals surface area (Å²) in [4.78, 5) is 0. The number of nitrogens with one attached hydrogen (secondary N) is 1. The van der Waals surface area contributed by atoms with Gasteiger partial charge in [-0.25, -0.2) is 0 Å². The molecule has 1 aromatic rings. The number of hydrogen-bond donors (Lipinski definition) is 1. The molecular formula is C15H24ClNO. The molecule has 0 bridgehead atoms. The first-order valence-electron chi connectivity index (χ1n) is 6.66. The van der Waals surface area contributed by atoms with Crippen LogP contribution in [-0.2, 0) is 0 Å². The van der Waals surface area contributed by atoms with Crippen LogP contribution in [0.25, 0.3) is 0 Å². The average molecular weight is 270 g/mol. The fourth-order valence-corrected chi connectivity index (χ4v) is 2.37. The number of aryl methyl sites for hydroxylation is 2. The first kappa shape index (κ1) is 15.3. The third kappa shape index (κ3) is 4.51. The molecule has 18 heavy (non-hydrogen) atoms. The minimum Gasteiger partial charge on any atom is -0.493 e. The largest absolute Gasteiger partial charge is 0.493 e. The van der Waals surface area contributed by atoms with Crippen LogP contribution in [0, 0.1) is 19.8 Å². The van der Waals surface area contributed by atoms with Crippen LogP contribution in [-0.4, -0.2) is 19.7 Å². The Balaban J connectivity index is 0.00000162. The summed E-state index contributed by atoms with van der Waals surface area (Å²) >= 11 is 0. The van der Waals surface area contributed by atoms with Crippen LogP contribution in [0.2, 0.25) is 0 Å². The maximum absolute atomic E-state index is 5.89. The maximum atomic E-state index is 5.89. The van der Waals surface area contributed by atoms with E-state index in [0.717, 1.165) is 24.8 Å². The van der Waals surface area contributed by atoms with Crippen LogP contribution in [0.15, 0.2) is 18.2 Å². The highest BCUT2D eigenvalue weighted by molar-refractivity contribution is 5.85. The van der Waals surface area contributed by atoms with E-state index in [1.807, 2.05) is 0 Å². The zero-order chi connectivity index (χ0) is 12.1. The van der Waals surface area contributed by atoms with Crippen molar-refractivity contribution >= 4 is 12.4 Å². The summed E-state index contributed by atoms with van der Waals surface area (Å²) in [6.45, 7) is 7.41. The monoisotopic (exact) mass is 269 g/mol.